The zero-order chi connectivity index (χ0) is 20.6. The maximum Gasteiger partial charge on any atom is 0.287 e. The average molecular weight is 413 g/mol. The molecular formula is C20H17ClN4O4. The minimum atomic E-state index is -0.515. The predicted octanol–water partition coefficient (Wildman–Crippen LogP) is 4.68. The number of para-hydroxylation sites is 1. The van der Waals surface area contributed by atoms with Crippen molar-refractivity contribution in [1.29, 1.82) is 0 Å². The standard InChI is InChI=1S/C20H17ClN4O4/c1-28-18-8-4-6-14(20(18)29-13-15-5-2-3-7-17(15)21)11-23-24-19-10-9-16(12-22-19)25(26)27/h2-12H,13H2,1H3,(H,22,24)/b23-11-. The summed E-state index contributed by atoms with van der Waals surface area (Å²) >= 11 is 6.19. The van der Waals surface area contributed by atoms with E-state index >= 15 is 0 Å². The second-order valence-electron chi connectivity index (χ2n) is 5.79. The molecule has 0 aliphatic heterocycles. The molecule has 0 radical (unpaired) electrons. The quantitative estimate of drug-likeness (QED) is 0.327. The van der Waals surface area contributed by atoms with Gasteiger partial charge in [0.05, 0.1) is 18.2 Å². The van der Waals surface area contributed by atoms with E-state index in [1.165, 1.54) is 12.1 Å². The number of hydrazone groups is 1. The Morgan fingerprint density at radius 2 is 2.03 bits per heavy atom. The van der Waals surface area contributed by atoms with Crippen LogP contribution in [0.15, 0.2) is 65.9 Å². The number of aromatic nitrogens is 1. The third kappa shape index (κ3) is 5.20. The van der Waals surface area contributed by atoms with E-state index in [2.05, 4.69) is 15.5 Å². The van der Waals surface area contributed by atoms with Gasteiger partial charge in [0.1, 0.15) is 18.6 Å². The number of rotatable bonds is 8. The highest BCUT2D eigenvalue weighted by molar-refractivity contribution is 6.31. The number of halogens is 1. The molecule has 0 saturated heterocycles. The Hall–Kier alpha value is -3.65. The van der Waals surface area contributed by atoms with E-state index < -0.39 is 4.92 Å². The Labute approximate surface area is 171 Å². The number of hydrogen-bond donors (Lipinski definition) is 1. The molecule has 0 aliphatic carbocycles. The zero-order valence-electron chi connectivity index (χ0n) is 15.4. The van der Waals surface area contributed by atoms with Crippen molar-refractivity contribution >= 4 is 29.3 Å². The molecule has 1 N–H and O–H groups in total. The lowest BCUT2D eigenvalue weighted by molar-refractivity contribution is -0.385. The fourth-order valence-corrected chi connectivity index (χ4v) is 2.63. The van der Waals surface area contributed by atoms with Crippen LogP contribution in [0.2, 0.25) is 5.02 Å². The first-order valence-corrected chi connectivity index (χ1v) is 8.89. The maximum atomic E-state index is 10.7. The van der Waals surface area contributed by atoms with Crippen LogP contribution in [0.3, 0.4) is 0 Å². The number of anilines is 1. The fraction of sp³-hybridized carbons (Fsp3) is 0.100. The summed E-state index contributed by atoms with van der Waals surface area (Å²) < 4.78 is 11.3. The van der Waals surface area contributed by atoms with Crippen molar-refractivity contribution in [2.75, 3.05) is 12.5 Å². The van der Waals surface area contributed by atoms with Crippen molar-refractivity contribution in [1.82, 2.24) is 4.98 Å². The largest absolute Gasteiger partial charge is 0.493 e. The van der Waals surface area contributed by atoms with Crippen molar-refractivity contribution in [3.8, 4) is 11.5 Å². The van der Waals surface area contributed by atoms with Crippen molar-refractivity contribution in [3.05, 3.63) is 87.1 Å². The van der Waals surface area contributed by atoms with Crippen molar-refractivity contribution in [3.63, 3.8) is 0 Å². The molecule has 3 aromatic rings. The topological polar surface area (TPSA) is 98.9 Å². The van der Waals surface area contributed by atoms with Gasteiger partial charge < -0.3 is 9.47 Å². The third-order valence-corrected chi connectivity index (χ3v) is 4.27. The molecule has 1 aromatic heterocycles. The van der Waals surface area contributed by atoms with Crippen molar-refractivity contribution < 1.29 is 14.4 Å². The number of pyridine rings is 1. The molecular weight excluding hydrogens is 396 g/mol. The lowest BCUT2D eigenvalue weighted by atomic mass is 10.2. The molecule has 9 heteroatoms. The molecule has 0 fully saturated rings. The Kier molecular flexibility index (Phi) is 6.59. The maximum absolute atomic E-state index is 10.7. The van der Waals surface area contributed by atoms with Crippen molar-refractivity contribution in [2.45, 2.75) is 6.61 Å². The molecule has 148 valence electrons. The van der Waals surface area contributed by atoms with E-state index in [9.17, 15) is 10.1 Å². The number of benzene rings is 2. The van der Waals surface area contributed by atoms with Crippen LogP contribution in [0, 0.1) is 10.1 Å². The number of hydrogen-bond acceptors (Lipinski definition) is 7. The first kappa shape index (κ1) is 20.1. The molecule has 0 bridgehead atoms. The van der Waals surface area contributed by atoms with Crippen LogP contribution in [0.1, 0.15) is 11.1 Å². The lowest BCUT2D eigenvalue weighted by Gasteiger charge is -2.13. The van der Waals surface area contributed by atoms with E-state index in [1.807, 2.05) is 30.3 Å². The summed E-state index contributed by atoms with van der Waals surface area (Å²) in [5.74, 6) is 1.43. The monoisotopic (exact) mass is 412 g/mol. The molecule has 3 rings (SSSR count). The molecule has 0 unspecified atom stereocenters. The molecule has 0 spiro atoms. The van der Waals surface area contributed by atoms with Gasteiger partial charge in [-0.15, -0.1) is 0 Å². The van der Waals surface area contributed by atoms with Gasteiger partial charge >= 0.3 is 0 Å². The van der Waals surface area contributed by atoms with Crippen LogP contribution in [0.5, 0.6) is 11.5 Å². The van der Waals surface area contributed by atoms with Crippen LogP contribution in [0.25, 0.3) is 0 Å². The van der Waals surface area contributed by atoms with Crippen molar-refractivity contribution in [2.24, 2.45) is 5.10 Å². The third-order valence-electron chi connectivity index (χ3n) is 3.90. The summed E-state index contributed by atoms with van der Waals surface area (Å²) in [6.45, 7) is 0.262. The van der Waals surface area contributed by atoms with E-state index in [4.69, 9.17) is 21.1 Å². The van der Waals surface area contributed by atoms with Gasteiger partial charge in [-0.1, -0.05) is 35.9 Å². The van der Waals surface area contributed by atoms with Crippen LogP contribution in [-0.4, -0.2) is 23.2 Å². The van der Waals surface area contributed by atoms with Gasteiger partial charge in [0.25, 0.3) is 5.69 Å². The fourth-order valence-electron chi connectivity index (χ4n) is 2.44. The minimum absolute atomic E-state index is 0.0948. The number of nitrogens with one attached hydrogen (secondary N) is 1. The van der Waals surface area contributed by atoms with Gasteiger partial charge in [0.15, 0.2) is 11.5 Å². The van der Waals surface area contributed by atoms with Crippen LogP contribution >= 0.6 is 11.6 Å². The van der Waals surface area contributed by atoms with Gasteiger partial charge in [-0.05, 0) is 24.3 Å². The Morgan fingerprint density at radius 1 is 1.21 bits per heavy atom. The summed E-state index contributed by atoms with van der Waals surface area (Å²) in [6, 6.07) is 15.6. The van der Waals surface area contributed by atoms with E-state index in [1.54, 1.807) is 25.5 Å². The molecule has 2 aromatic carbocycles. The summed E-state index contributed by atoms with van der Waals surface area (Å²) in [5.41, 5.74) is 4.15. The summed E-state index contributed by atoms with van der Waals surface area (Å²) in [7, 11) is 1.55. The highest BCUT2D eigenvalue weighted by Gasteiger charge is 2.11. The van der Waals surface area contributed by atoms with Crippen LogP contribution in [0.4, 0.5) is 11.5 Å². The first-order valence-electron chi connectivity index (χ1n) is 8.51. The van der Waals surface area contributed by atoms with Gasteiger partial charge in [-0.2, -0.15) is 5.10 Å². The second-order valence-corrected chi connectivity index (χ2v) is 6.19. The zero-order valence-corrected chi connectivity index (χ0v) is 16.2. The first-order chi connectivity index (χ1) is 14.1. The molecule has 29 heavy (non-hydrogen) atoms. The molecule has 0 amide bonds. The van der Waals surface area contributed by atoms with Gasteiger partial charge in [-0.3, -0.25) is 15.5 Å². The Morgan fingerprint density at radius 3 is 2.72 bits per heavy atom. The summed E-state index contributed by atoms with van der Waals surface area (Å²) in [6.07, 6.45) is 2.70. The van der Waals surface area contributed by atoms with E-state index in [0.717, 1.165) is 11.8 Å². The van der Waals surface area contributed by atoms with E-state index in [-0.39, 0.29) is 12.3 Å². The molecule has 0 atom stereocenters. The number of methoxy groups -OCH3 is 1. The summed E-state index contributed by atoms with van der Waals surface area (Å²) in [4.78, 5) is 14.1. The number of ether oxygens (including phenoxy) is 2. The number of nitrogens with zero attached hydrogens (tertiary/aromatic N) is 3. The smallest absolute Gasteiger partial charge is 0.287 e. The van der Waals surface area contributed by atoms with Gasteiger partial charge in [0.2, 0.25) is 0 Å². The average Bonchev–Trinajstić information content (AvgIpc) is 2.74. The number of nitro groups is 1. The molecule has 0 saturated carbocycles. The second kappa shape index (κ2) is 9.52. The Balaban J connectivity index is 1.75. The molecule has 1 heterocycles. The molecule has 0 aliphatic rings. The van der Waals surface area contributed by atoms with Gasteiger partial charge in [0, 0.05) is 22.2 Å². The SMILES string of the molecule is COc1cccc(/C=N\Nc2ccc([N+](=O)[O-])cn2)c1OCc1ccccc1Cl. The lowest BCUT2D eigenvalue weighted by Crippen LogP contribution is -2.02. The Bertz CT molecular complexity index is 1030. The predicted molar refractivity (Wildman–Crippen MR) is 111 cm³/mol. The van der Waals surface area contributed by atoms with Crippen LogP contribution in [-0.2, 0) is 6.61 Å². The minimum Gasteiger partial charge on any atom is -0.493 e. The molecule has 8 nitrogen and oxygen atoms in total. The van der Waals surface area contributed by atoms with E-state index in [0.29, 0.717) is 27.9 Å². The van der Waals surface area contributed by atoms with Crippen LogP contribution < -0.4 is 14.9 Å². The normalized spacial score (nSPS) is 10.7. The highest BCUT2D eigenvalue weighted by atomic mass is 35.5. The van der Waals surface area contributed by atoms with Gasteiger partial charge in [-0.25, -0.2) is 4.98 Å². The summed E-state index contributed by atoms with van der Waals surface area (Å²) in [5, 5.41) is 15.4. The highest BCUT2D eigenvalue weighted by Crippen LogP contribution is 2.31.